The summed E-state index contributed by atoms with van der Waals surface area (Å²) >= 11 is 0. The van der Waals surface area contributed by atoms with Gasteiger partial charge in [0.2, 0.25) is 0 Å². The number of aliphatic imine (C=N–C) groups is 2. The van der Waals surface area contributed by atoms with Crippen LogP contribution in [-0.4, -0.2) is 18.4 Å². The van der Waals surface area contributed by atoms with Crippen LogP contribution in [0.1, 0.15) is 23.6 Å². The molecule has 0 saturated heterocycles. The van der Waals surface area contributed by atoms with Gasteiger partial charge >= 0.3 is 0 Å². The van der Waals surface area contributed by atoms with Crippen molar-refractivity contribution in [2.45, 2.75) is 12.8 Å². The van der Waals surface area contributed by atoms with E-state index in [0.29, 0.717) is 11.3 Å². The Balaban J connectivity index is 2.08. The summed E-state index contributed by atoms with van der Waals surface area (Å²) in [5.41, 5.74) is 7.76. The molecule has 0 aliphatic carbocycles. The molecular weight excluding hydrogens is 298 g/mol. The van der Waals surface area contributed by atoms with Gasteiger partial charge in [0.15, 0.2) is 0 Å². The maximum Gasteiger partial charge on any atom is 0.270 e. The molecule has 2 rings (SSSR count). The van der Waals surface area contributed by atoms with Crippen molar-refractivity contribution in [3.05, 3.63) is 65.2 Å². The molecule has 0 aliphatic rings. The second kappa shape index (κ2) is 6.91. The maximum absolute atomic E-state index is 13.1. The summed E-state index contributed by atoms with van der Waals surface area (Å²) < 4.78 is 26.2. The van der Waals surface area contributed by atoms with E-state index in [9.17, 15) is 8.78 Å². The van der Waals surface area contributed by atoms with Crippen LogP contribution in [0.4, 0.5) is 14.5 Å². The molecule has 0 aliphatic heterocycles. The highest BCUT2D eigenvalue weighted by molar-refractivity contribution is 6.01. The summed E-state index contributed by atoms with van der Waals surface area (Å²) in [6.07, 6.45) is 2.51. The smallest absolute Gasteiger partial charge is 0.270 e. The zero-order valence-electron chi connectivity index (χ0n) is 12.5. The Bertz CT molecular complexity index is 727. The molecule has 2 aromatic rings. The zero-order valence-corrected chi connectivity index (χ0v) is 12.5. The molecule has 0 fully saturated rings. The maximum atomic E-state index is 13.1. The fraction of sp³-hybridized carbons (Fsp3) is 0.118. The summed E-state index contributed by atoms with van der Waals surface area (Å²) in [5.74, 6) is -2.59. The van der Waals surface area contributed by atoms with Crippen LogP contribution in [0.2, 0.25) is 0 Å². The van der Waals surface area contributed by atoms with Crippen LogP contribution in [0.15, 0.2) is 58.5 Å². The van der Waals surface area contributed by atoms with Crippen molar-refractivity contribution in [2.75, 3.05) is 0 Å². The number of halogens is 2. The van der Waals surface area contributed by atoms with E-state index >= 15 is 0 Å². The zero-order chi connectivity index (χ0) is 16.9. The molecule has 0 heterocycles. The van der Waals surface area contributed by atoms with Gasteiger partial charge in [-0.15, -0.1) is 0 Å². The molecular formula is C17H16F2N4. The van der Waals surface area contributed by atoms with Crippen LogP contribution in [0.5, 0.6) is 0 Å². The van der Waals surface area contributed by atoms with Gasteiger partial charge in [0.1, 0.15) is 12.2 Å². The molecule has 3 N–H and O–H groups in total. The lowest BCUT2D eigenvalue weighted by molar-refractivity contribution is 0.0175. The lowest BCUT2D eigenvalue weighted by atomic mass is 10.1. The molecule has 0 saturated carbocycles. The third-order valence-corrected chi connectivity index (χ3v) is 3.15. The van der Waals surface area contributed by atoms with E-state index in [0.717, 1.165) is 12.5 Å². The Hall–Kier alpha value is -2.89. The van der Waals surface area contributed by atoms with Crippen molar-refractivity contribution in [3.8, 4) is 0 Å². The SMILES string of the molecule is CC(F)(F)c1ccc(N=CN=C(N)c2ccc(C=N)cc2)cc1. The minimum atomic E-state index is -2.87. The number of benzene rings is 2. The van der Waals surface area contributed by atoms with Crippen molar-refractivity contribution in [1.29, 1.82) is 5.41 Å². The molecule has 0 aromatic heterocycles. The molecule has 0 spiro atoms. The Morgan fingerprint density at radius 3 is 2.22 bits per heavy atom. The fourth-order valence-corrected chi connectivity index (χ4v) is 1.82. The van der Waals surface area contributed by atoms with Gasteiger partial charge in [-0.05, 0) is 17.7 Å². The number of amidine groups is 1. The predicted octanol–water partition coefficient (Wildman–Crippen LogP) is 3.86. The standard InChI is InChI=1S/C17H16F2N4/c1-17(18,19)14-6-8-15(9-7-14)22-11-23-16(21)13-4-2-12(10-20)3-5-13/h2-11,20H,1H3,(H2,21,22,23). The van der Waals surface area contributed by atoms with Gasteiger partial charge in [0, 0.05) is 24.3 Å². The van der Waals surface area contributed by atoms with Crippen LogP contribution < -0.4 is 5.73 Å². The Morgan fingerprint density at radius 1 is 1.09 bits per heavy atom. The first-order valence-corrected chi connectivity index (χ1v) is 6.85. The second-order valence-corrected chi connectivity index (χ2v) is 4.96. The quantitative estimate of drug-likeness (QED) is 0.638. The average molecular weight is 314 g/mol. The van der Waals surface area contributed by atoms with Gasteiger partial charge in [0.25, 0.3) is 5.92 Å². The number of rotatable bonds is 5. The van der Waals surface area contributed by atoms with Crippen molar-refractivity contribution >= 4 is 24.1 Å². The van der Waals surface area contributed by atoms with Gasteiger partial charge in [-0.2, -0.15) is 0 Å². The normalized spacial score (nSPS) is 12.6. The summed E-state index contributed by atoms with van der Waals surface area (Å²) in [4.78, 5) is 8.07. The highest BCUT2D eigenvalue weighted by Gasteiger charge is 2.23. The van der Waals surface area contributed by atoms with E-state index in [-0.39, 0.29) is 11.4 Å². The molecule has 0 atom stereocenters. The fourth-order valence-electron chi connectivity index (χ4n) is 1.82. The van der Waals surface area contributed by atoms with Crippen LogP contribution in [0, 0.1) is 5.41 Å². The summed E-state index contributed by atoms with van der Waals surface area (Å²) in [6.45, 7) is 0.847. The Labute approximate surface area is 132 Å². The average Bonchev–Trinajstić information content (AvgIpc) is 2.54. The van der Waals surface area contributed by atoms with E-state index in [1.54, 1.807) is 24.3 Å². The van der Waals surface area contributed by atoms with Crippen molar-refractivity contribution in [3.63, 3.8) is 0 Å². The molecule has 4 nitrogen and oxygen atoms in total. The molecule has 0 radical (unpaired) electrons. The number of alkyl halides is 2. The van der Waals surface area contributed by atoms with Gasteiger partial charge in [0.05, 0.1) is 5.69 Å². The molecule has 23 heavy (non-hydrogen) atoms. The largest absolute Gasteiger partial charge is 0.383 e. The summed E-state index contributed by atoms with van der Waals surface area (Å²) in [7, 11) is 0. The first-order valence-electron chi connectivity index (χ1n) is 6.85. The van der Waals surface area contributed by atoms with E-state index < -0.39 is 5.92 Å². The molecule has 0 bridgehead atoms. The van der Waals surface area contributed by atoms with Gasteiger partial charge < -0.3 is 11.1 Å². The topological polar surface area (TPSA) is 74.6 Å². The first kappa shape index (κ1) is 16.5. The Morgan fingerprint density at radius 2 is 1.70 bits per heavy atom. The molecule has 118 valence electrons. The minimum absolute atomic E-state index is 0.0641. The molecule has 6 heteroatoms. The van der Waals surface area contributed by atoms with Crippen LogP contribution in [-0.2, 0) is 5.92 Å². The molecule has 0 amide bonds. The van der Waals surface area contributed by atoms with Crippen LogP contribution >= 0.6 is 0 Å². The van der Waals surface area contributed by atoms with E-state index in [2.05, 4.69) is 9.98 Å². The predicted molar refractivity (Wildman–Crippen MR) is 89.2 cm³/mol. The minimum Gasteiger partial charge on any atom is -0.383 e. The summed E-state index contributed by atoms with van der Waals surface area (Å²) in [6, 6.07) is 12.7. The third kappa shape index (κ3) is 4.54. The number of nitrogens with two attached hydrogens (primary N) is 1. The lowest BCUT2D eigenvalue weighted by Gasteiger charge is -2.09. The summed E-state index contributed by atoms with van der Waals surface area (Å²) in [5, 5.41) is 7.13. The van der Waals surface area contributed by atoms with Gasteiger partial charge in [-0.1, -0.05) is 36.4 Å². The van der Waals surface area contributed by atoms with Crippen LogP contribution in [0.25, 0.3) is 0 Å². The van der Waals surface area contributed by atoms with E-state index in [4.69, 9.17) is 11.1 Å². The number of nitrogens with one attached hydrogen (secondary N) is 1. The number of hydrogen-bond donors (Lipinski definition) is 2. The first-order chi connectivity index (χ1) is 10.9. The Kier molecular flexibility index (Phi) is 4.95. The van der Waals surface area contributed by atoms with Crippen molar-refractivity contribution in [1.82, 2.24) is 0 Å². The van der Waals surface area contributed by atoms with E-state index in [1.165, 1.54) is 36.8 Å². The van der Waals surface area contributed by atoms with Crippen molar-refractivity contribution < 1.29 is 8.78 Å². The monoisotopic (exact) mass is 314 g/mol. The highest BCUT2D eigenvalue weighted by atomic mass is 19.3. The lowest BCUT2D eigenvalue weighted by Crippen LogP contribution is -2.13. The molecule has 2 aromatic carbocycles. The van der Waals surface area contributed by atoms with Gasteiger partial charge in [-0.3, -0.25) is 0 Å². The van der Waals surface area contributed by atoms with E-state index in [1.807, 2.05) is 0 Å². The highest BCUT2D eigenvalue weighted by Crippen LogP contribution is 2.28. The van der Waals surface area contributed by atoms with Crippen molar-refractivity contribution in [2.24, 2.45) is 15.7 Å². The second-order valence-electron chi connectivity index (χ2n) is 4.96. The third-order valence-electron chi connectivity index (χ3n) is 3.15. The van der Waals surface area contributed by atoms with Gasteiger partial charge in [-0.25, -0.2) is 18.8 Å². The van der Waals surface area contributed by atoms with Crippen LogP contribution in [0.3, 0.4) is 0 Å². The number of nitrogens with zero attached hydrogens (tertiary/aromatic N) is 2. The number of hydrogen-bond acceptors (Lipinski definition) is 2. The molecule has 0 unspecified atom stereocenters.